The molecule has 0 radical (unpaired) electrons. The predicted octanol–water partition coefficient (Wildman–Crippen LogP) is 1.04. The molecule has 0 aromatic heterocycles. The van der Waals surface area contributed by atoms with Crippen LogP contribution in [0.1, 0.15) is 6.42 Å². The van der Waals surface area contributed by atoms with Gasteiger partial charge in [-0.2, -0.15) is 0 Å². The van der Waals surface area contributed by atoms with Crippen molar-refractivity contribution < 1.29 is 18.1 Å². The molecule has 0 saturated carbocycles. The van der Waals surface area contributed by atoms with E-state index < -0.39 is 14.8 Å². The van der Waals surface area contributed by atoms with Crippen molar-refractivity contribution >= 4 is 38.9 Å². The van der Waals surface area contributed by atoms with Crippen LogP contribution in [0.4, 0.5) is 11.4 Å². The molecule has 1 fully saturated rings. The Kier molecular flexibility index (Phi) is 6.44. The minimum absolute atomic E-state index is 0.00848. The molecule has 1 aliphatic rings. The molecular weight excluding hydrogens is 354 g/mol. The molecule has 2 rings (SSSR count). The summed E-state index contributed by atoms with van der Waals surface area (Å²) in [6, 6.07) is 6.30. The number of rotatable bonds is 8. The summed E-state index contributed by atoms with van der Waals surface area (Å²) in [7, 11) is -2.92. The largest absolute Gasteiger partial charge is 0.378 e. The van der Waals surface area contributed by atoms with Crippen LogP contribution in [0.3, 0.4) is 0 Å². The van der Waals surface area contributed by atoms with Gasteiger partial charge in [-0.25, -0.2) is 8.42 Å². The van der Waals surface area contributed by atoms with Crippen molar-refractivity contribution in [3.05, 3.63) is 34.4 Å². The monoisotopic (exact) mass is 373 g/mol. The van der Waals surface area contributed by atoms with Crippen molar-refractivity contribution in [2.45, 2.75) is 11.7 Å². The van der Waals surface area contributed by atoms with Crippen molar-refractivity contribution in [3.8, 4) is 0 Å². The minimum Gasteiger partial charge on any atom is -0.378 e. The Morgan fingerprint density at radius 1 is 1.33 bits per heavy atom. The van der Waals surface area contributed by atoms with Crippen LogP contribution in [0.25, 0.3) is 0 Å². The Morgan fingerprint density at radius 3 is 2.75 bits per heavy atom. The van der Waals surface area contributed by atoms with E-state index in [1.165, 1.54) is 17.8 Å². The van der Waals surface area contributed by atoms with Gasteiger partial charge < -0.3 is 10.6 Å². The number of carbonyl (C=O) groups excluding carboxylic acids is 1. The smallest absolute Gasteiger partial charge is 0.292 e. The summed E-state index contributed by atoms with van der Waals surface area (Å²) in [5.74, 6) is 0.385. The molecule has 1 atom stereocenters. The lowest BCUT2D eigenvalue weighted by atomic mass is 10.2. The normalized spacial score (nSPS) is 18.9. The number of amides is 1. The maximum atomic E-state index is 11.7. The first-order valence-electron chi connectivity index (χ1n) is 7.43. The van der Waals surface area contributed by atoms with Gasteiger partial charge in [0.25, 0.3) is 5.69 Å². The molecule has 1 saturated heterocycles. The number of benzene rings is 1. The Hall–Kier alpha value is -1.81. The molecule has 1 aliphatic heterocycles. The van der Waals surface area contributed by atoms with Gasteiger partial charge in [-0.05, 0) is 12.5 Å². The Bertz CT molecular complexity index is 708. The molecule has 8 nitrogen and oxygen atoms in total. The van der Waals surface area contributed by atoms with E-state index in [0.717, 1.165) is 0 Å². The van der Waals surface area contributed by atoms with E-state index in [1.54, 1.807) is 18.2 Å². The van der Waals surface area contributed by atoms with E-state index in [1.807, 2.05) is 0 Å². The molecular formula is C14H19N3O5S2. The summed E-state index contributed by atoms with van der Waals surface area (Å²) >= 11 is 1.35. The fraction of sp³-hybridized carbons (Fsp3) is 0.500. The third kappa shape index (κ3) is 5.68. The van der Waals surface area contributed by atoms with Gasteiger partial charge in [0.05, 0.1) is 22.2 Å². The lowest BCUT2D eigenvalue weighted by Crippen LogP contribution is -2.30. The first-order valence-corrected chi connectivity index (χ1v) is 10.3. The van der Waals surface area contributed by atoms with Crippen LogP contribution >= 0.6 is 11.8 Å². The van der Waals surface area contributed by atoms with Crippen LogP contribution in [0.15, 0.2) is 24.3 Å². The number of nitrogens with zero attached hydrogens (tertiary/aromatic N) is 1. The number of para-hydroxylation sites is 2. The van der Waals surface area contributed by atoms with Crippen molar-refractivity contribution in [1.82, 2.24) is 5.32 Å². The van der Waals surface area contributed by atoms with Crippen LogP contribution < -0.4 is 10.6 Å². The Balaban J connectivity index is 1.66. The van der Waals surface area contributed by atoms with Gasteiger partial charge in [0, 0.05) is 24.4 Å². The number of sulfone groups is 1. The summed E-state index contributed by atoms with van der Waals surface area (Å²) in [6.07, 6.45) is 0.597. The number of nitrogens with one attached hydrogen (secondary N) is 2. The highest BCUT2D eigenvalue weighted by atomic mass is 32.2. The Labute approximate surface area is 144 Å². The summed E-state index contributed by atoms with van der Waals surface area (Å²) < 4.78 is 22.7. The molecule has 0 spiro atoms. The highest BCUT2D eigenvalue weighted by Gasteiger charge is 2.28. The van der Waals surface area contributed by atoms with E-state index in [2.05, 4.69) is 10.6 Å². The van der Waals surface area contributed by atoms with Crippen molar-refractivity contribution in [2.24, 2.45) is 0 Å². The van der Waals surface area contributed by atoms with Crippen LogP contribution in [-0.2, 0) is 14.6 Å². The van der Waals surface area contributed by atoms with E-state index in [9.17, 15) is 23.3 Å². The molecule has 0 bridgehead atoms. The number of carbonyl (C=O) groups is 1. The average molecular weight is 373 g/mol. The summed E-state index contributed by atoms with van der Waals surface area (Å²) in [6.45, 7) is 0.688. The molecule has 132 valence electrons. The molecule has 1 aromatic carbocycles. The van der Waals surface area contributed by atoms with Crippen molar-refractivity contribution in [1.29, 1.82) is 0 Å². The molecule has 2 N–H and O–H groups in total. The summed E-state index contributed by atoms with van der Waals surface area (Å²) in [5, 5.41) is 16.5. The second-order valence-corrected chi connectivity index (χ2v) is 8.90. The van der Waals surface area contributed by atoms with Crippen molar-refractivity contribution in [3.63, 3.8) is 0 Å². The second kappa shape index (κ2) is 8.34. The maximum Gasteiger partial charge on any atom is 0.292 e. The van der Waals surface area contributed by atoms with Gasteiger partial charge in [-0.1, -0.05) is 12.1 Å². The number of hydrogen-bond acceptors (Lipinski definition) is 7. The molecule has 0 aliphatic carbocycles. The maximum absolute atomic E-state index is 11.7. The number of anilines is 1. The van der Waals surface area contributed by atoms with Gasteiger partial charge in [0.2, 0.25) is 5.91 Å². The van der Waals surface area contributed by atoms with Crippen LogP contribution in [0.5, 0.6) is 0 Å². The van der Waals surface area contributed by atoms with Gasteiger partial charge in [0.15, 0.2) is 9.84 Å². The van der Waals surface area contributed by atoms with Gasteiger partial charge in [0.1, 0.15) is 5.69 Å². The zero-order valence-electron chi connectivity index (χ0n) is 12.9. The first-order chi connectivity index (χ1) is 11.4. The third-order valence-electron chi connectivity index (χ3n) is 3.50. The fourth-order valence-electron chi connectivity index (χ4n) is 2.32. The SMILES string of the molecule is O=C(CS[C@H]1CCS(=O)(=O)C1)NCCNc1ccccc1[N+](=O)[O-]. The van der Waals surface area contributed by atoms with Gasteiger partial charge >= 0.3 is 0 Å². The molecule has 0 unspecified atom stereocenters. The zero-order chi connectivity index (χ0) is 17.6. The fourth-order valence-corrected chi connectivity index (χ4v) is 5.79. The number of hydrogen-bond donors (Lipinski definition) is 2. The van der Waals surface area contributed by atoms with Crippen LogP contribution in [0, 0.1) is 10.1 Å². The van der Waals surface area contributed by atoms with Gasteiger partial charge in [-0.15, -0.1) is 11.8 Å². The molecule has 1 aromatic rings. The predicted molar refractivity (Wildman–Crippen MR) is 94.1 cm³/mol. The number of nitro benzene ring substituents is 1. The summed E-state index contributed by atoms with van der Waals surface area (Å²) in [5.41, 5.74) is 0.393. The molecule has 1 heterocycles. The lowest BCUT2D eigenvalue weighted by Gasteiger charge is -2.10. The van der Waals surface area contributed by atoms with Gasteiger partial charge in [-0.3, -0.25) is 14.9 Å². The highest BCUT2D eigenvalue weighted by Crippen LogP contribution is 2.24. The quantitative estimate of drug-likeness (QED) is 0.397. The molecule has 10 heteroatoms. The summed E-state index contributed by atoms with van der Waals surface area (Å²) in [4.78, 5) is 22.1. The second-order valence-electron chi connectivity index (χ2n) is 5.39. The minimum atomic E-state index is -2.92. The zero-order valence-corrected chi connectivity index (χ0v) is 14.6. The lowest BCUT2D eigenvalue weighted by molar-refractivity contribution is -0.384. The number of thioether (sulfide) groups is 1. The average Bonchev–Trinajstić information content (AvgIpc) is 2.89. The van der Waals surface area contributed by atoms with E-state index in [-0.39, 0.29) is 34.1 Å². The molecule has 1 amide bonds. The Morgan fingerprint density at radius 2 is 2.08 bits per heavy atom. The van der Waals surface area contributed by atoms with Crippen LogP contribution in [-0.4, -0.2) is 54.8 Å². The van der Waals surface area contributed by atoms with E-state index >= 15 is 0 Å². The third-order valence-corrected chi connectivity index (χ3v) is 6.79. The standard InChI is InChI=1S/C14H19N3O5S2/c18-14(9-23-11-5-8-24(21,22)10-11)16-7-6-15-12-3-1-2-4-13(12)17(19)20/h1-4,11,15H,5-10H2,(H,16,18)/t11-/m0/s1. The number of nitro groups is 1. The van der Waals surface area contributed by atoms with E-state index in [4.69, 9.17) is 0 Å². The van der Waals surface area contributed by atoms with E-state index in [0.29, 0.717) is 25.2 Å². The topological polar surface area (TPSA) is 118 Å². The molecule has 24 heavy (non-hydrogen) atoms. The highest BCUT2D eigenvalue weighted by molar-refractivity contribution is 8.02. The van der Waals surface area contributed by atoms with Crippen molar-refractivity contribution in [2.75, 3.05) is 35.7 Å². The first kappa shape index (κ1) is 18.5. The van der Waals surface area contributed by atoms with Crippen LogP contribution in [0.2, 0.25) is 0 Å².